The molecule has 32 heavy (non-hydrogen) atoms. The molecule has 3 aromatic heterocycles. The molecule has 5 aromatic rings. The summed E-state index contributed by atoms with van der Waals surface area (Å²) in [5, 5.41) is 1.21. The van der Waals surface area contributed by atoms with Gasteiger partial charge in [0.2, 0.25) is 0 Å². The number of ether oxygens (including phenoxy) is 1. The second-order valence-electron chi connectivity index (χ2n) is 7.42. The van der Waals surface area contributed by atoms with Gasteiger partial charge in [0.15, 0.2) is 0 Å². The SMILES string of the molecule is Cn1c(=O)n(Cc2ccc3occc3c2)c(=O)c2cc(C(=O)OCc3ccccc3)sc21. The highest BCUT2D eigenvalue weighted by Gasteiger charge is 2.19. The second kappa shape index (κ2) is 7.97. The molecular weight excluding hydrogens is 428 g/mol. The number of hydrogen-bond acceptors (Lipinski definition) is 6. The number of carbonyl (C=O) groups is 1. The fourth-order valence-corrected chi connectivity index (χ4v) is 4.61. The van der Waals surface area contributed by atoms with Crippen molar-refractivity contribution in [3.8, 4) is 0 Å². The van der Waals surface area contributed by atoms with Crippen LogP contribution in [0.3, 0.4) is 0 Å². The molecule has 0 radical (unpaired) electrons. The Kier molecular flexibility index (Phi) is 4.99. The van der Waals surface area contributed by atoms with Gasteiger partial charge in [0.05, 0.1) is 18.2 Å². The zero-order chi connectivity index (χ0) is 22.2. The molecule has 0 bridgehead atoms. The highest BCUT2D eigenvalue weighted by Crippen LogP contribution is 2.23. The summed E-state index contributed by atoms with van der Waals surface area (Å²) in [5.41, 5.74) is 1.53. The van der Waals surface area contributed by atoms with Gasteiger partial charge in [-0.2, -0.15) is 0 Å². The first kappa shape index (κ1) is 20.0. The number of hydrogen-bond donors (Lipinski definition) is 0. The van der Waals surface area contributed by atoms with E-state index in [1.807, 2.05) is 54.6 Å². The summed E-state index contributed by atoms with van der Waals surface area (Å²) in [4.78, 5) is 39.3. The minimum atomic E-state index is -0.529. The summed E-state index contributed by atoms with van der Waals surface area (Å²) < 4.78 is 13.3. The van der Waals surface area contributed by atoms with Crippen LogP contribution in [0.1, 0.15) is 20.8 Å². The first-order chi connectivity index (χ1) is 15.5. The predicted octanol–water partition coefficient (Wildman–Crippen LogP) is 3.91. The van der Waals surface area contributed by atoms with Gasteiger partial charge in [-0.1, -0.05) is 36.4 Å². The molecule has 0 saturated carbocycles. The van der Waals surface area contributed by atoms with Crippen LogP contribution >= 0.6 is 11.3 Å². The molecule has 8 heteroatoms. The van der Waals surface area contributed by atoms with Crippen molar-refractivity contribution in [3.05, 3.63) is 104 Å². The molecule has 0 aliphatic rings. The first-order valence-corrected chi connectivity index (χ1v) is 10.7. The molecule has 0 aliphatic carbocycles. The first-order valence-electron chi connectivity index (χ1n) is 9.92. The lowest BCUT2D eigenvalue weighted by atomic mass is 10.1. The predicted molar refractivity (Wildman–Crippen MR) is 122 cm³/mol. The average molecular weight is 446 g/mol. The number of furan rings is 1. The van der Waals surface area contributed by atoms with Crippen molar-refractivity contribution in [2.75, 3.05) is 0 Å². The van der Waals surface area contributed by atoms with E-state index in [2.05, 4.69) is 0 Å². The van der Waals surface area contributed by atoms with Crippen LogP contribution in [0.5, 0.6) is 0 Å². The number of fused-ring (bicyclic) bond motifs is 2. The zero-order valence-corrected chi connectivity index (χ0v) is 17.9. The van der Waals surface area contributed by atoms with Crippen molar-refractivity contribution in [2.45, 2.75) is 13.2 Å². The van der Waals surface area contributed by atoms with Gasteiger partial charge in [-0.15, -0.1) is 11.3 Å². The maximum atomic E-state index is 13.1. The van der Waals surface area contributed by atoms with Gasteiger partial charge >= 0.3 is 11.7 Å². The lowest BCUT2D eigenvalue weighted by Gasteiger charge is -2.08. The van der Waals surface area contributed by atoms with Crippen LogP contribution in [0.4, 0.5) is 0 Å². The van der Waals surface area contributed by atoms with Crippen LogP contribution in [-0.2, 0) is 24.9 Å². The minimum Gasteiger partial charge on any atom is -0.464 e. The fourth-order valence-electron chi connectivity index (χ4n) is 3.62. The summed E-state index contributed by atoms with van der Waals surface area (Å²) in [7, 11) is 1.59. The Hall–Kier alpha value is -3.91. The van der Waals surface area contributed by atoms with Gasteiger partial charge in [0.25, 0.3) is 5.56 Å². The molecular formula is C24H18N2O5S. The van der Waals surface area contributed by atoms with Gasteiger partial charge in [0, 0.05) is 12.4 Å². The van der Waals surface area contributed by atoms with Crippen molar-refractivity contribution in [1.82, 2.24) is 9.13 Å². The third kappa shape index (κ3) is 3.54. The molecule has 160 valence electrons. The number of rotatable bonds is 5. The summed E-state index contributed by atoms with van der Waals surface area (Å²) >= 11 is 1.08. The quantitative estimate of drug-likeness (QED) is 0.382. The number of benzene rings is 2. The molecule has 0 N–H and O–H groups in total. The molecule has 3 heterocycles. The standard InChI is InChI=1S/C24H18N2O5S/c1-25-22-18(12-20(32-22)23(28)31-14-15-5-3-2-4-6-15)21(27)26(24(25)29)13-16-7-8-19-17(11-16)9-10-30-19/h2-12H,13-14H2,1H3. The van der Waals surface area contributed by atoms with Crippen molar-refractivity contribution in [1.29, 1.82) is 0 Å². The molecule has 5 rings (SSSR count). The molecule has 0 saturated heterocycles. The Morgan fingerprint density at radius 1 is 1.03 bits per heavy atom. The highest BCUT2D eigenvalue weighted by atomic mass is 32.1. The Balaban J connectivity index is 1.48. The number of carbonyl (C=O) groups excluding carboxylic acids is 1. The van der Waals surface area contributed by atoms with Crippen molar-refractivity contribution < 1.29 is 13.9 Å². The van der Waals surface area contributed by atoms with Gasteiger partial charge in [0.1, 0.15) is 21.9 Å². The summed E-state index contributed by atoms with van der Waals surface area (Å²) in [5.74, 6) is -0.529. The van der Waals surface area contributed by atoms with E-state index < -0.39 is 17.2 Å². The highest BCUT2D eigenvalue weighted by molar-refractivity contribution is 7.20. The molecule has 0 spiro atoms. The van der Waals surface area contributed by atoms with E-state index in [1.54, 1.807) is 13.3 Å². The lowest BCUT2D eigenvalue weighted by Crippen LogP contribution is -2.38. The van der Waals surface area contributed by atoms with Crippen LogP contribution < -0.4 is 11.2 Å². The van der Waals surface area contributed by atoms with Crippen molar-refractivity contribution >= 4 is 38.5 Å². The van der Waals surface area contributed by atoms with Gasteiger partial charge in [-0.25, -0.2) is 9.59 Å². The van der Waals surface area contributed by atoms with Crippen molar-refractivity contribution in [2.24, 2.45) is 7.05 Å². The van der Waals surface area contributed by atoms with E-state index in [1.165, 1.54) is 15.2 Å². The van der Waals surface area contributed by atoms with E-state index in [9.17, 15) is 14.4 Å². The van der Waals surface area contributed by atoms with Gasteiger partial charge in [-0.05, 0) is 35.4 Å². The topological polar surface area (TPSA) is 83.4 Å². The Morgan fingerprint density at radius 2 is 1.84 bits per heavy atom. The zero-order valence-electron chi connectivity index (χ0n) is 17.1. The van der Waals surface area contributed by atoms with E-state index >= 15 is 0 Å². The van der Waals surface area contributed by atoms with Crippen LogP contribution in [0.15, 0.2) is 80.9 Å². The second-order valence-corrected chi connectivity index (χ2v) is 8.45. The van der Waals surface area contributed by atoms with Crippen molar-refractivity contribution in [3.63, 3.8) is 0 Å². The monoisotopic (exact) mass is 446 g/mol. The van der Waals surface area contributed by atoms with E-state index in [4.69, 9.17) is 9.15 Å². The fraction of sp³-hybridized carbons (Fsp3) is 0.125. The number of thiophene rings is 1. The number of aromatic nitrogens is 2. The number of nitrogens with zero attached hydrogens (tertiary/aromatic N) is 2. The Morgan fingerprint density at radius 3 is 2.66 bits per heavy atom. The summed E-state index contributed by atoms with van der Waals surface area (Å²) in [6.45, 7) is 0.250. The van der Waals surface area contributed by atoms with E-state index in [0.29, 0.717) is 10.2 Å². The van der Waals surface area contributed by atoms with E-state index in [-0.39, 0.29) is 18.0 Å². The maximum absolute atomic E-state index is 13.1. The largest absolute Gasteiger partial charge is 0.464 e. The van der Waals surface area contributed by atoms with Crippen LogP contribution in [0.25, 0.3) is 21.2 Å². The smallest absolute Gasteiger partial charge is 0.348 e. The van der Waals surface area contributed by atoms with Crippen LogP contribution in [0, 0.1) is 0 Å². The Labute approximate surface area is 185 Å². The molecule has 0 aliphatic heterocycles. The molecule has 0 atom stereocenters. The number of aryl methyl sites for hydroxylation is 1. The molecule has 0 fully saturated rings. The third-order valence-corrected chi connectivity index (χ3v) is 6.47. The maximum Gasteiger partial charge on any atom is 0.348 e. The van der Waals surface area contributed by atoms with Gasteiger partial charge < -0.3 is 9.15 Å². The molecule has 2 aromatic carbocycles. The number of esters is 1. The normalized spacial score (nSPS) is 11.3. The lowest BCUT2D eigenvalue weighted by molar-refractivity contribution is 0.0478. The van der Waals surface area contributed by atoms with E-state index in [0.717, 1.165) is 33.4 Å². The summed E-state index contributed by atoms with van der Waals surface area (Å²) in [6, 6.07) is 18.2. The third-order valence-electron chi connectivity index (χ3n) is 5.28. The molecule has 0 unspecified atom stereocenters. The van der Waals surface area contributed by atoms with Gasteiger partial charge in [-0.3, -0.25) is 13.9 Å². The summed E-state index contributed by atoms with van der Waals surface area (Å²) in [6.07, 6.45) is 1.59. The Bertz CT molecular complexity index is 1570. The average Bonchev–Trinajstić information content (AvgIpc) is 3.47. The minimum absolute atomic E-state index is 0.117. The molecule has 0 amide bonds. The molecule has 7 nitrogen and oxygen atoms in total. The van der Waals surface area contributed by atoms with Crippen LogP contribution in [0.2, 0.25) is 0 Å². The van der Waals surface area contributed by atoms with Crippen LogP contribution in [-0.4, -0.2) is 15.1 Å².